The number of hydrogen-bond donors (Lipinski definition) is 1. The molecule has 4 nitrogen and oxygen atoms in total. The van der Waals surface area contributed by atoms with Crippen LogP contribution in [0.2, 0.25) is 0 Å². The van der Waals surface area contributed by atoms with E-state index in [9.17, 15) is 0 Å². The first-order valence-electron chi connectivity index (χ1n) is 5.48. The molecule has 0 unspecified atom stereocenters. The third kappa shape index (κ3) is 2.79. The Morgan fingerprint density at radius 2 is 1.94 bits per heavy atom. The fraction of sp³-hybridized carbons (Fsp3) is 0.231. The SMILES string of the molecule is Cc1ncccc1OCc1cccnc1CN. The van der Waals surface area contributed by atoms with E-state index in [1.807, 2.05) is 31.2 Å². The van der Waals surface area contributed by atoms with Gasteiger partial charge in [0, 0.05) is 24.5 Å². The van der Waals surface area contributed by atoms with Gasteiger partial charge < -0.3 is 10.5 Å². The maximum atomic E-state index is 5.71. The van der Waals surface area contributed by atoms with E-state index in [-0.39, 0.29) is 0 Å². The summed E-state index contributed by atoms with van der Waals surface area (Å²) in [4.78, 5) is 8.38. The second kappa shape index (κ2) is 5.41. The summed E-state index contributed by atoms with van der Waals surface area (Å²) in [5.41, 5.74) is 8.38. The highest BCUT2D eigenvalue weighted by atomic mass is 16.5. The summed E-state index contributed by atoms with van der Waals surface area (Å²) in [5, 5.41) is 0. The van der Waals surface area contributed by atoms with Crippen molar-refractivity contribution in [3.8, 4) is 5.75 Å². The molecule has 17 heavy (non-hydrogen) atoms. The predicted molar refractivity (Wildman–Crippen MR) is 65.4 cm³/mol. The summed E-state index contributed by atoms with van der Waals surface area (Å²) in [6.07, 6.45) is 3.48. The molecule has 4 heteroatoms. The molecule has 0 aliphatic heterocycles. The molecule has 2 heterocycles. The summed E-state index contributed by atoms with van der Waals surface area (Å²) in [6, 6.07) is 7.62. The quantitative estimate of drug-likeness (QED) is 0.868. The van der Waals surface area contributed by atoms with E-state index in [1.54, 1.807) is 12.4 Å². The highest BCUT2D eigenvalue weighted by molar-refractivity contribution is 5.26. The van der Waals surface area contributed by atoms with E-state index in [1.165, 1.54) is 0 Å². The summed E-state index contributed by atoms with van der Waals surface area (Å²) in [7, 11) is 0. The fourth-order valence-corrected chi connectivity index (χ4v) is 1.56. The zero-order chi connectivity index (χ0) is 12.1. The normalized spacial score (nSPS) is 10.2. The van der Waals surface area contributed by atoms with Crippen LogP contribution in [0.3, 0.4) is 0 Å². The number of rotatable bonds is 4. The predicted octanol–water partition coefficient (Wildman–Crippen LogP) is 1.82. The van der Waals surface area contributed by atoms with Gasteiger partial charge in [-0.05, 0) is 25.1 Å². The Balaban J connectivity index is 2.10. The summed E-state index contributed by atoms with van der Waals surface area (Å²) < 4.78 is 5.71. The average molecular weight is 229 g/mol. The van der Waals surface area contributed by atoms with Crippen LogP contribution in [0.25, 0.3) is 0 Å². The summed E-state index contributed by atoms with van der Waals surface area (Å²) in [6.45, 7) is 2.81. The second-order valence-corrected chi connectivity index (χ2v) is 3.69. The first-order chi connectivity index (χ1) is 8.31. The number of ether oxygens (including phenoxy) is 1. The Bertz CT molecular complexity index is 500. The largest absolute Gasteiger partial charge is 0.487 e. The topological polar surface area (TPSA) is 61.0 Å². The molecule has 0 fully saturated rings. The molecule has 0 amide bonds. The van der Waals surface area contributed by atoms with Crippen LogP contribution in [0.15, 0.2) is 36.7 Å². The van der Waals surface area contributed by atoms with Gasteiger partial charge in [0.2, 0.25) is 0 Å². The Hall–Kier alpha value is -1.94. The molecule has 0 aromatic carbocycles. The van der Waals surface area contributed by atoms with Crippen LogP contribution in [0, 0.1) is 6.92 Å². The van der Waals surface area contributed by atoms with Gasteiger partial charge in [-0.15, -0.1) is 0 Å². The molecule has 0 saturated heterocycles. The Morgan fingerprint density at radius 3 is 2.71 bits per heavy atom. The molecule has 2 aromatic heterocycles. The molecule has 2 aromatic rings. The lowest BCUT2D eigenvalue weighted by atomic mass is 10.2. The lowest BCUT2D eigenvalue weighted by molar-refractivity contribution is 0.300. The van der Waals surface area contributed by atoms with E-state index in [4.69, 9.17) is 10.5 Å². The van der Waals surface area contributed by atoms with Gasteiger partial charge in [0.25, 0.3) is 0 Å². The molecule has 0 radical (unpaired) electrons. The third-order valence-corrected chi connectivity index (χ3v) is 2.52. The Morgan fingerprint density at radius 1 is 1.18 bits per heavy atom. The highest BCUT2D eigenvalue weighted by Crippen LogP contribution is 2.16. The highest BCUT2D eigenvalue weighted by Gasteiger charge is 2.04. The molecule has 0 atom stereocenters. The molecule has 0 aliphatic rings. The lowest BCUT2D eigenvalue weighted by Crippen LogP contribution is -2.07. The molecule has 0 bridgehead atoms. The van der Waals surface area contributed by atoms with Crippen molar-refractivity contribution in [3.05, 3.63) is 53.6 Å². The lowest BCUT2D eigenvalue weighted by Gasteiger charge is -2.10. The van der Waals surface area contributed by atoms with Crippen LogP contribution in [0.1, 0.15) is 17.0 Å². The van der Waals surface area contributed by atoms with E-state index >= 15 is 0 Å². The van der Waals surface area contributed by atoms with Crippen LogP contribution in [0.5, 0.6) is 5.75 Å². The number of aryl methyl sites for hydroxylation is 1. The zero-order valence-electron chi connectivity index (χ0n) is 9.76. The van der Waals surface area contributed by atoms with Crippen molar-refractivity contribution < 1.29 is 4.74 Å². The van der Waals surface area contributed by atoms with E-state index in [0.717, 1.165) is 22.7 Å². The van der Waals surface area contributed by atoms with Crippen LogP contribution in [0.4, 0.5) is 0 Å². The van der Waals surface area contributed by atoms with E-state index < -0.39 is 0 Å². The van der Waals surface area contributed by atoms with Crippen molar-refractivity contribution in [1.82, 2.24) is 9.97 Å². The minimum Gasteiger partial charge on any atom is -0.487 e. The Kier molecular flexibility index (Phi) is 3.67. The minimum atomic E-state index is 0.422. The number of pyridine rings is 2. The fourth-order valence-electron chi connectivity index (χ4n) is 1.56. The summed E-state index contributed by atoms with van der Waals surface area (Å²) in [5.74, 6) is 0.791. The smallest absolute Gasteiger partial charge is 0.141 e. The third-order valence-electron chi connectivity index (χ3n) is 2.52. The van der Waals surface area contributed by atoms with Crippen molar-refractivity contribution in [2.75, 3.05) is 0 Å². The van der Waals surface area contributed by atoms with Crippen molar-refractivity contribution in [2.45, 2.75) is 20.1 Å². The molecule has 0 saturated carbocycles. The molecule has 2 rings (SSSR count). The van der Waals surface area contributed by atoms with Gasteiger partial charge in [-0.25, -0.2) is 0 Å². The number of nitrogens with two attached hydrogens (primary N) is 1. The molecular formula is C13H15N3O. The average Bonchev–Trinajstić information content (AvgIpc) is 2.38. The zero-order valence-corrected chi connectivity index (χ0v) is 9.76. The Labute approximate surface area is 100 Å². The first-order valence-corrected chi connectivity index (χ1v) is 5.48. The van der Waals surface area contributed by atoms with Gasteiger partial charge in [0.05, 0.1) is 11.4 Å². The molecule has 0 aliphatic carbocycles. The van der Waals surface area contributed by atoms with Crippen LogP contribution in [-0.2, 0) is 13.2 Å². The van der Waals surface area contributed by atoms with Gasteiger partial charge in [0.15, 0.2) is 0 Å². The van der Waals surface area contributed by atoms with Crippen molar-refractivity contribution in [1.29, 1.82) is 0 Å². The van der Waals surface area contributed by atoms with Gasteiger partial charge in [-0.3, -0.25) is 9.97 Å². The van der Waals surface area contributed by atoms with Crippen LogP contribution >= 0.6 is 0 Å². The molecule has 0 spiro atoms. The molecule has 88 valence electrons. The van der Waals surface area contributed by atoms with Crippen molar-refractivity contribution in [2.24, 2.45) is 5.73 Å². The first kappa shape index (κ1) is 11.5. The van der Waals surface area contributed by atoms with E-state index in [2.05, 4.69) is 9.97 Å². The van der Waals surface area contributed by atoms with Gasteiger partial charge >= 0.3 is 0 Å². The minimum absolute atomic E-state index is 0.422. The van der Waals surface area contributed by atoms with Crippen LogP contribution < -0.4 is 10.5 Å². The van der Waals surface area contributed by atoms with E-state index in [0.29, 0.717) is 13.2 Å². The summed E-state index contributed by atoms with van der Waals surface area (Å²) >= 11 is 0. The van der Waals surface area contributed by atoms with Crippen molar-refractivity contribution >= 4 is 0 Å². The monoisotopic (exact) mass is 229 g/mol. The second-order valence-electron chi connectivity index (χ2n) is 3.69. The van der Waals surface area contributed by atoms with Gasteiger partial charge in [-0.1, -0.05) is 6.07 Å². The van der Waals surface area contributed by atoms with Crippen molar-refractivity contribution in [3.63, 3.8) is 0 Å². The van der Waals surface area contributed by atoms with Gasteiger partial charge in [0.1, 0.15) is 12.4 Å². The molecular weight excluding hydrogens is 214 g/mol. The maximum Gasteiger partial charge on any atom is 0.141 e. The van der Waals surface area contributed by atoms with Crippen LogP contribution in [-0.4, -0.2) is 9.97 Å². The maximum absolute atomic E-state index is 5.71. The number of aromatic nitrogens is 2. The molecule has 2 N–H and O–H groups in total. The number of nitrogens with zero attached hydrogens (tertiary/aromatic N) is 2. The number of hydrogen-bond acceptors (Lipinski definition) is 4. The van der Waals surface area contributed by atoms with Gasteiger partial charge in [-0.2, -0.15) is 0 Å². The standard InChI is InChI=1S/C13H15N3O/c1-10-13(5-3-6-15-10)17-9-11-4-2-7-16-12(11)8-14/h2-7H,8-9,14H2,1H3.